The molecule has 3 nitrogen and oxygen atoms in total. The van der Waals surface area contributed by atoms with E-state index in [1.807, 2.05) is 26.0 Å². The van der Waals surface area contributed by atoms with Crippen LogP contribution < -0.4 is 10.9 Å². The fourth-order valence-corrected chi connectivity index (χ4v) is 2.94. The third kappa shape index (κ3) is 7.93. The predicted molar refractivity (Wildman–Crippen MR) is 109 cm³/mol. The van der Waals surface area contributed by atoms with Gasteiger partial charge in [0, 0.05) is 24.1 Å². The molecule has 2 aromatic carbocycles. The fourth-order valence-electron chi connectivity index (χ4n) is 2.94. The van der Waals surface area contributed by atoms with Crippen molar-refractivity contribution in [3.63, 3.8) is 0 Å². The Bertz CT molecular complexity index is 963. The number of nitrogens with one attached hydrogen (secondary N) is 2. The van der Waals surface area contributed by atoms with E-state index in [4.69, 9.17) is 0 Å². The second-order valence-corrected chi connectivity index (χ2v) is 7.31. The minimum atomic E-state index is -5.01. The summed E-state index contributed by atoms with van der Waals surface area (Å²) in [5, 5.41) is 0. The minimum Gasteiger partial charge on any atom is -0.287 e. The Morgan fingerprint density at radius 2 is 1.41 bits per heavy atom. The van der Waals surface area contributed by atoms with E-state index < -0.39 is 35.0 Å². The Balaban J connectivity index is 1.84. The van der Waals surface area contributed by atoms with Crippen LogP contribution in [0.25, 0.3) is 0 Å². The molecule has 0 aromatic heterocycles. The average Bonchev–Trinajstić information content (AvgIpc) is 2.67. The lowest BCUT2D eigenvalue weighted by Crippen LogP contribution is -2.38. The number of hydrazine groups is 1. The summed E-state index contributed by atoms with van der Waals surface area (Å²) in [6.45, 7) is 4.25. The Morgan fingerprint density at radius 3 is 1.94 bits per heavy atom. The summed E-state index contributed by atoms with van der Waals surface area (Å²) in [5.74, 6) is 5.03. The number of unbranched alkanes of at least 4 members (excludes halogenated alkanes) is 2. The van der Waals surface area contributed by atoms with Crippen LogP contribution in [-0.2, 0) is 12.4 Å². The average molecular weight is 456 g/mol. The summed E-state index contributed by atoms with van der Waals surface area (Å²) >= 11 is 0. The molecule has 0 fully saturated rings. The van der Waals surface area contributed by atoms with Gasteiger partial charge in [-0.25, -0.2) is 5.43 Å². The number of carbonyl (C=O) groups is 1. The van der Waals surface area contributed by atoms with Crippen LogP contribution >= 0.6 is 0 Å². The minimum absolute atomic E-state index is 0.0245. The lowest BCUT2D eigenvalue weighted by atomic mass is 10.0. The number of benzene rings is 2. The van der Waals surface area contributed by atoms with Crippen molar-refractivity contribution in [1.82, 2.24) is 10.9 Å². The second kappa shape index (κ2) is 10.6. The van der Waals surface area contributed by atoms with Crippen molar-refractivity contribution in [2.45, 2.75) is 45.5 Å². The quantitative estimate of drug-likeness (QED) is 0.250. The number of rotatable bonds is 6. The molecular weight excluding hydrogens is 434 g/mol. The van der Waals surface area contributed by atoms with E-state index in [2.05, 4.69) is 28.8 Å². The Labute approximate surface area is 182 Å². The third-order valence-corrected chi connectivity index (χ3v) is 4.36. The molecule has 0 saturated carbocycles. The second-order valence-electron chi connectivity index (χ2n) is 7.31. The number of alkyl halides is 6. The smallest absolute Gasteiger partial charge is 0.287 e. The van der Waals surface area contributed by atoms with E-state index in [0.29, 0.717) is 31.4 Å². The first kappa shape index (κ1) is 25.3. The van der Waals surface area contributed by atoms with E-state index in [1.165, 1.54) is 0 Å². The van der Waals surface area contributed by atoms with Gasteiger partial charge >= 0.3 is 12.4 Å². The molecule has 0 aliphatic heterocycles. The first-order valence-corrected chi connectivity index (χ1v) is 9.76. The summed E-state index contributed by atoms with van der Waals surface area (Å²) in [5.41, 5.74) is 3.99. The van der Waals surface area contributed by atoms with Gasteiger partial charge in [0.15, 0.2) is 0 Å². The number of carbonyl (C=O) groups excluding carboxylic acids is 1. The molecule has 2 aromatic rings. The number of hydrogen-bond acceptors (Lipinski definition) is 2. The molecular formula is C23H22F6N2O. The molecule has 0 aliphatic rings. The van der Waals surface area contributed by atoms with Gasteiger partial charge in [-0.3, -0.25) is 10.2 Å². The molecule has 2 rings (SSSR count). The lowest BCUT2D eigenvalue weighted by Gasteiger charge is -2.14. The van der Waals surface area contributed by atoms with Gasteiger partial charge in [-0.05, 0) is 68.1 Å². The van der Waals surface area contributed by atoms with Crippen molar-refractivity contribution >= 4 is 5.91 Å². The van der Waals surface area contributed by atoms with Crippen LogP contribution in [0.5, 0.6) is 0 Å². The molecule has 0 unspecified atom stereocenters. The van der Waals surface area contributed by atoms with Gasteiger partial charge in [0.1, 0.15) is 0 Å². The van der Waals surface area contributed by atoms with Crippen LogP contribution in [0, 0.1) is 25.7 Å². The van der Waals surface area contributed by atoms with Gasteiger partial charge in [0.05, 0.1) is 11.1 Å². The van der Waals surface area contributed by atoms with Crippen molar-refractivity contribution < 1.29 is 31.1 Å². The van der Waals surface area contributed by atoms with Gasteiger partial charge < -0.3 is 0 Å². The zero-order chi connectivity index (χ0) is 23.9. The summed E-state index contributed by atoms with van der Waals surface area (Å²) in [7, 11) is 0. The predicted octanol–water partition coefficient (Wildman–Crippen LogP) is 5.80. The normalized spacial score (nSPS) is 11.6. The van der Waals surface area contributed by atoms with Crippen LogP contribution in [0.1, 0.15) is 57.4 Å². The first-order valence-electron chi connectivity index (χ1n) is 9.76. The molecule has 32 heavy (non-hydrogen) atoms. The fraction of sp³-hybridized carbons (Fsp3) is 0.348. The lowest BCUT2D eigenvalue weighted by molar-refractivity contribution is -0.143. The molecule has 0 aliphatic carbocycles. The molecule has 2 N–H and O–H groups in total. The highest BCUT2D eigenvalue weighted by atomic mass is 19.4. The third-order valence-electron chi connectivity index (χ3n) is 4.36. The topological polar surface area (TPSA) is 41.1 Å². The highest BCUT2D eigenvalue weighted by Gasteiger charge is 2.37. The van der Waals surface area contributed by atoms with Crippen molar-refractivity contribution in [2.24, 2.45) is 0 Å². The van der Waals surface area contributed by atoms with Crippen molar-refractivity contribution in [3.8, 4) is 11.8 Å². The first-order chi connectivity index (χ1) is 14.9. The Kier molecular flexibility index (Phi) is 8.33. The van der Waals surface area contributed by atoms with Crippen molar-refractivity contribution in [2.75, 3.05) is 6.54 Å². The van der Waals surface area contributed by atoms with Gasteiger partial charge in [0.2, 0.25) is 0 Å². The zero-order valence-corrected chi connectivity index (χ0v) is 17.5. The van der Waals surface area contributed by atoms with Crippen molar-refractivity contribution in [3.05, 3.63) is 69.8 Å². The number of hydrogen-bond donors (Lipinski definition) is 2. The van der Waals surface area contributed by atoms with Crippen LogP contribution in [0.3, 0.4) is 0 Å². The molecule has 0 saturated heterocycles. The summed E-state index contributed by atoms with van der Waals surface area (Å²) < 4.78 is 77.3. The maximum absolute atomic E-state index is 12.9. The van der Waals surface area contributed by atoms with Crippen LogP contribution in [-0.4, -0.2) is 12.5 Å². The van der Waals surface area contributed by atoms with Crippen LogP contribution in [0.15, 0.2) is 36.4 Å². The molecule has 0 heterocycles. The highest BCUT2D eigenvalue weighted by molar-refractivity contribution is 5.94. The standard InChI is InChI=1S/C23H22F6N2O/c1-15-9-16(2)11-17(10-15)7-5-3-4-6-8-30-31-21(32)18-12-19(22(24,25)26)14-20(13-18)23(27,28)29/h9-14,30H,3-4,6,8H2,1-2H3,(H,31,32). The number of amides is 1. The molecule has 0 atom stereocenters. The van der Waals surface area contributed by atoms with E-state index in [0.717, 1.165) is 16.7 Å². The SMILES string of the molecule is Cc1cc(C)cc(C#CCCCCNNC(=O)c2cc(C(F)(F)F)cc(C(F)(F)F)c2)c1. The summed E-state index contributed by atoms with van der Waals surface area (Å²) in [6.07, 6.45) is -8.13. The van der Waals surface area contributed by atoms with Gasteiger partial charge in [-0.1, -0.05) is 17.9 Å². The summed E-state index contributed by atoms with van der Waals surface area (Å²) in [6, 6.07) is 6.76. The van der Waals surface area contributed by atoms with E-state index in [1.54, 1.807) is 0 Å². The van der Waals surface area contributed by atoms with E-state index in [-0.39, 0.29) is 12.6 Å². The van der Waals surface area contributed by atoms with Gasteiger partial charge in [-0.15, -0.1) is 0 Å². The molecule has 9 heteroatoms. The molecule has 0 spiro atoms. The Hall–Kier alpha value is -2.99. The maximum Gasteiger partial charge on any atom is 0.416 e. The summed E-state index contributed by atoms with van der Waals surface area (Å²) in [4.78, 5) is 12.0. The van der Waals surface area contributed by atoms with Gasteiger partial charge in [0.25, 0.3) is 5.91 Å². The molecule has 0 radical (unpaired) electrons. The highest BCUT2D eigenvalue weighted by Crippen LogP contribution is 2.36. The van der Waals surface area contributed by atoms with Crippen LogP contribution in [0.2, 0.25) is 0 Å². The van der Waals surface area contributed by atoms with Crippen LogP contribution in [0.4, 0.5) is 26.3 Å². The molecule has 0 bridgehead atoms. The molecule has 172 valence electrons. The van der Waals surface area contributed by atoms with E-state index >= 15 is 0 Å². The molecule has 1 amide bonds. The monoisotopic (exact) mass is 456 g/mol. The van der Waals surface area contributed by atoms with Gasteiger partial charge in [-0.2, -0.15) is 26.3 Å². The largest absolute Gasteiger partial charge is 0.416 e. The zero-order valence-electron chi connectivity index (χ0n) is 17.5. The van der Waals surface area contributed by atoms with E-state index in [9.17, 15) is 31.1 Å². The number of aryl methyl sites for hydroxylation is 2. The maximum atomic E-state index is 12.9. The van der Waals surface area contributed by atoms with Crippen molar-refractivity contribution in [1.29, 1.82) is 0 Å². The number of halogens is 6. The Morgan fingerprint density at radius 1 is 0.844 bits per heavy atom.